The molecule has 0 fully saturated rings. The average Bonchev–Trinajstić information content (AvgIpc) is 3.12. The zero-order valence-corrected chi connectivity index (χ0v) is 21.7. The third-order valence-corrected chi connectivity index (χ3v) is 6.84. The van der Waals surface area contributed by atoms with E-state index in [0.717, 1.165) is 11.1 Å². The number of benzene rings is 2. The maximum Gasteiger partial charge on any atom is 0.338 e. The van der Waals surface area contributed by atoms with Crippen LogP contribution in [-0.2, 0) is 14.3 Å². The van der Waals surface area contributed by atoms with Gasteiger partial charge in [0.1, 0.15) is 5.75 Å². The summed E-state index contributed by atoms with van der Waals surface area (Å²) in [6, 6.07) is 14.2. The van der Waals surface area contributed by atoms with Gasteiger partial charge in [-0.2, -0.15) is 0 Å². The van der Waals surface area contributed by atoms with Crippen molar-refractivity contribution in [1.82, 2.24) is 4.57 Å². The first-order chi connectivity index (χ1) is 17.2. The van der Waals surface area contributed by atoms with Crippen LogP contribution < -0.4 is 19.6 Å². The fourth-order valence-corrected chi connectivity index (χ4v) is 5.20. The molecule has 0 N–H and O–H groups in total. The molecule has 8 heteroatoms. The van der Waals surface area contributed by atoms with Gasteiger partial charge in [-0.1, -0.05) is 61.6 Å². The largest absolute Gasteiger partial charge is 0.463 e. The first-order valence-electron chi connectivity index (χ1n) is 11.8. The van der Waals surface area contributed by atoms with Crippen molar-refractivity contribution in [3.63, 3.8) is 0 Å². The molecule has 1 atom stereocenters. The highest BCUT2D eigenvalue weighted by Gasteiger charge is 2.33. The summed E-state index contributed by atoms with van der Waals surface area (Å²) in [5.41, 5.74) is 3.29. The van der Waals surface area contributed by atoms with Gasteiger partial charge in [-0.3, -0.25) is 14.2 Å². The van der Waals surface area contributed by atoms with Crippen LogP contribution in [0.1, 0.15) is 63.3 Å². The molecular formula is C28H28N2O5S. The van der Waals surface area contributed by atoms with Crippen LogP contribution in [0.5, 0.6) is 5.75 Å². The van der Waals surface area contributed by atoms with Gasteiger partial charge in [0.05, 0.1) is 28.5 Å². The van der Waals surface area contributed by atoms with Crippen molar-refractivity contribution in [3.05, 3.63) is 96.2 Å². The Morgan fingerprint density at radius 2 is 1.89 bits per heavy atom. The molecule has 0 radical (unpaired) electrons. The van der Waals surface area contributed by atoms with E-state index < -0.39 is 18.0 Å². The van der Waals surface area contributed by atoms with Crippen molar-refractivity contribution in [2.45, 2.75) is 46.6 Å². The molecule has 0 bridgehead atoms. The predicted molar refractivity (Wildman–Crippen MR) is 139 cm³/mol. The van der Waals surface area contributed by atoms with Crippen LogP contribution in [0.3, 0.4) is 0 Å². The highest BCUT2D eigenvalue weighted by molar-refractivity contribution is 7.07. The third-order valence-electron chi connectivity index (χ3n) is 5.85. The number of hydrogen-bond acceptors (Lipinski definition) is 7. The second-order valence-corrected chi connectivity index (χ2v) is 9.80. The molecule has 186 valence electrons. The summed E-state index contributed by atoms with van der Waals surface area (Å²) >= 11 is 1.25. The van der Waals surface area contributed by atoms with Gasteiger partial charge < -0.3 is 9.47 Å². The Kier molecular flexibility index (Phi) is 7.35. The summed E-state index contributed by atoms with van der Waals surface area (Å²) in [4.78, 5) is 43.1. The van der Waals surface area contributed by atoms with Gasteiger partial charge in [-0.15, -0.1) is 0 Å². The number of fused-ring (bicyclic) bond motifs is 1. The number of aromatic nitrogens is 1. The lowest BCUT2D eigenvalue weighted by molar-refractivity contribution is -0.139. The Morgan fingerprint density at radius 1 is 1.17 bits per heavy atom. The molecule has 0 amide bonds. The van der Waals surface area contributed by atoms with E-state index in [0.29, 0.717) is 37.8 Å². The molecule has 4 rings (SSSR count). The summed E-state index contributed by atoms with van der Waals surface area (Å²) < 4.78 is 12.5. The summed E-state index contributed by atoms with van der Waals surface area (Å²) in [5, 5.41) is 0. The molecule has 0 aliphatic carbocycles. The second-order valence-electron chi connectivity index (χ2n) is 8.79. The monoisotopic (exact) mass is 504 g/mol. The first kappa shape index (κ1) is 25.3. The van der Waals surface area contributed by atoms with Gasteiger partial charge in [0.15, 0.2) is 4.80 Å². The van der Waals surface area contributed by atoms with Gasteiger partial charge in [-0.05, 0) is 54.7 Å². The number of thiazole rings is 1. The topological polar surface area (TPSA) is 87.0 Å². The maximum atomic E-state index is 13.7. The van der Waals surface area contributed by atoms with E-state index in [1.807, 2.05) is 30.3 Å². The summed E-state index contributed by atoms with van der Waals surface area (Å²) in [6.07, 6.45) is 1.74. The molecular weight excluding hydrogens is 476 g/mol. The molecule has 1 aliphatic rings. The van der Waals surface area contributed by atoms with E-state index in [9.17, 15) is 14.4 Å². The average molecular weight is 505 g/mol. The molecule has 0 spiro atoms. The highest BCUT2D eigenvalue weighted by atomic mass is 32.1. The van der Waals surface area contributed by atoms with E-state index in [-0.39, 0.29) is 12.2 Å². The first-order valence-corrected chi connectivity index (χ1v) is 12.6. The number of carbonyl (C=O) groups is 2. The van der Waals surface area contributed by atoms with Crippen LogP contribution in [0.25, 0.3) is 6.08 Å². The second kappa shape index (κ2) is 10.5. The van der Waals surface area contributed by atoms with E-state index in [1.165, 1.54) is 18.3 Å². The number of rotatable bonds is 6. The normalized spacial score (nSPS) is 15.5. The predicted octanol–water partition coefficient (Wildman–Crippen LogP) is 3.85. The van der Waals surface area contributed by atoms with Gasteiger partial charge in [0.25, 0.3) is 5.56 Å². The Labute approximate surface area is 213 Å². The van der Waals surface area contributed by atoms with Crippen molar-refractivity contribution in [1.29, 1.82) is 0 Å². The van der Waals surface area contributed by atoms with Crippen LogP contribution in [0.15, 0.2) is 69.6 Å². The fourth-order valence-electron chi connectivity index (χ4n) is 4.16. The number of hydrogen-bond donors (Lipinski definition) is 0. The molecule has 0 saturated heterocycles. The van der Waals surface area contributed by atoms with Crippen LogP contribution >= 0.6 is 11.3 Å². The number of esters is 2. The molecule has 1 unspecified atom stereocenters. The smallest absolute Gasteiger partial charge is 0.338 e. The van der Waals surface area contributed by atoms with Crippen molar-refractivity contribution >= 4 is 29.4 Å². The summed E-state index contributed by atoms with van der Waals surface area (Å²) in [7, 11) is 0. The lowest BCUT2D eigenvalue weighted by atomic mass is 9.93. The third kappa shape index (κ3) is 5.09. The van der Waals surface area contributed by atoms with E-state index >= 15 is 0 Å². The quantitative estimate of drug-likeness (QED) is 0.376. The zero-order chi connectivity index (χ0) is 26.0. The Hall–Kier alpha value is -3.78. The van der Waals surface area contributed by atoms with Crippen LogP contribution in [0.4, 0.5) is 0 Å². The van der Waals surface area contributed by atoms with Crippen LogP contribution in [-0.4, -0.2) is 23.1 Å². The minimum atomic E-state index is -0.656. The van der Waals surface area contributed by atoms with E-state index in [1.54, 1.807) is 42.7 Å². The van der Waals surface area contributed by atoms with Gasteiger partial charge in [0.2, 0.25) is 0 Å². The molecule has 2 aromatic carbocycles. The molecule has 0 saturated carbocycles. The lowest BCUT2D eigenvalue weighted by Gasteiger charge is -2.25. The zero-order valence-electron chi connectivity index (χ0n) is 20.9. The molecule has 2 heterocycles. The standard InChI is InChI=1S/C28H28N2O5S/c1-6-34-27(33)24-17(4)29-28-30(25(24)21-12-10-20(11-13-21)16(2)3)26(32)23(36-28)15-19-8-7-9-22(14-19)35-18(5)31/h7-16,25H,6H2,1-5H3. The SMILES string of the molecule is CCOC(=O)C1=C(C)N=c2sc(=Cc3cccc(OC(C)=O)c3)c(=O)n2C1c1ccc(C(C)C)cc1. The molecule has 36 heavy (non-hydrogen) atoms. The van der Waals surface area contributed by atoms with E-state index in [4.69, 9.17) is 9.47 Å². The molecule has 7 nitrogen and oxygen atoms in total. The minimum absolute atomic E-state index is 0.220. The highest BCUT2D eigenvalue weighted by Crippen LogP contribution is 2.31. The number of ether oxygens (including phenoxy) is 2. The summed E-state index contributed by atoms with van der Waals surface area (Å²) in [5.74, 6) is -0.157. The van der Waals surface area contributed by atoms with Crippen molar-refractivity contribution in [2.75, 3.05) is 6.61 Å². The summed E-state index contributed by atoms with van der Waals surface area (Å²) in [6.45, 7) is 9.30. The van der Waals surface area contributed by atoms with Crippen molar-refractivity contribution in [3.8, 4) is 5.75 Å². The van der Waals surface area contributed by atoms with Crippen molar-refractivity contribution < 1.29 is 19.1 Å². The fraction of sp³-hybridized carbons (Fsp3) is 0.286. The van der Waals surface area contributed by atoms with E-state index in [2.05, 4.69) is 18.8 Å². The van der Waals surface area contributed by atoms with Gasteiger partial charge in [-0.25, -0.2) is 9.79 Å². The molecule has 1 aliphatic heterocycles. The number of nitrogens with zero attached hydrogens (tertiary/aromatic N) is 2. The van der Waals surface area contributed by atoms with Gasteiger partial charge >= 0.3 is 11.9 Å². The Balaban J connectivity index is 1.89. The minimum Gasteiger partial charge on any atom is -0.463 e. The van der Waals surface area contributed by atoms with Crippen LogP contribution in [0, 0.1) is 0 Å². The maximum absolute atomic E-state index is 13.7. The Morgan fingerprint density at radius 3 is 2.53 bits per heavy atom. The molecule has 3 aromatic rings. The Bertz CT molecular complexity index is 1530. The van der Waals surface area contributed by atoms with Crippen LogP contribution in [0.2, 0.25) is 0 Å². The molecule has 1 aromatic heterocycles. The number of allylic oxidation sites excluding steroid dienone is 1. The van der Waals surface area contributed by atoms with Gasteiger partial charge in [0, 0.05) is 6.92 Å². The lowest BCUT2D eigenvalue weighted by Crippen LogP contribution is -2.39. The van der Waals surface area contributed by atoms with Crippen molar-refractivity contribution in [2.24, 2.45) is 4.99 Å². The number of carbonyl (C=O) groups excluding carboxylic acids is 2.